The quantitative estimate of drug-likeness (QED) is 0.804. The van der Waals surface area contributed by atoms with E-state index in [1.165, 1.54) is 49.8 Å². The highest BCUT2D eigenvalue weighted by molar-refractivity contribution is 5.29. The fraction of sp³-hybridized carbons (Fsp3) is 0.684. The molecule has 2 nitrogen and oxygen atoms in total. The van der Waals surface area contributed by atoms with Crippen LogP contribution in [0.4, 0.5) is 0 Å². The molecule has 1 unspecified atom stereocenters. The van der Waals surface area contributed by atoms with Crippen LogP contribution in [-0.4, -0.2) is 30.6 Å². The third kappa shape index (κ3) is 4.55. The third-order valence-corrected chi connectivity index (χ3v) is 4.93. The molecule has 1 aromatic carbocycles. The van der Waals surface area contributed by atoms with Crippen LogP contribution in [0.25, 0.3) is 0 Å². The summed E-state index contributed by atoms with van der Waals surface area (Å²) in [6.07, 6.45) is 7.04. The predicted octanol–water partition coefficient (Wildman–Crippen LogP) is 4.30. The number of hydrogen-bond acceptors (Lipinski definition) is 2. The van der Waals surface area contributed by atoms with E-state index >= 15 is 0 Å². The molecule has 1 N–H and O–H groups in total. The molecular weight excluding hydrogens is 256 g/mol. The maximum atomic E-state index is 3.70. The van der Waals surface area contributed by atoms with Crippen molar-refractivity contribution in [3.05, 3.63) is 35.4 Å². The predicted molar refractivity (Wildman–Crippen MR) is 91.7 cm³/mol. The van der Waals surface area contributed by atoms with Gasteiger partial charge in [-0.3, -0.25) is 4.90 Å². The largest absolute Gasteiger partial charge is 0.309 e. The van der Waals surface area contributed by atoms with Crippen molar-refractivity contribution in [2.75, 3.05) is 19.6 Å². The lowest BCUT2D eigenvalue weighted by Gasteiger charge is -2.36. The molecule has 0 aliphatic heterocycles. The normalized spacial score (nSPS) is 18.1. The highest BCUT2D eigenvalue weighted by Gasteiger charge is 2.23. The molecule has 0 radical (unpaired) electrons. The van der Waals surface area contributed by atoms with E-state index in [1.54, 1.807) is 0 Å². The first-order chi connectivity index (χ1) is 10.3. The zero-order chi connectivity index (χ0) is 15.1. The summed E-state index contributed by atoms with van der Waals surface area (Å²) in [5.74, 6) is 0. The molecule has 1 fully saturated rings. The second kappa shape index (κ2) is 8.55. The van der Waals surface area contributed by atoms with Crippen molar-refractivity contribution in [3.63, 3.8) is 0 Å². The Kier molecular flexibility index (Phi) is 6.72. The number of rotatable bonds is 7. The molecule has 0 saturated heterocycles. The van der Waals surface area contributed by atoms with E-state index in [1.807, 2.05) is 0 Å². The number of nitrogens with one attached hydrogen (secondary N) is 1. The van der Waals surface area contributed by atoms with E-state index in [-0.39, 0.29) is 0 Å². The van der Waals surface area contributed by atoms with E-state index in [9.17, 15) is 0 Å². The smallest absolute Gasteiger partial charge is 0.0451 e. The van der Waals surface area contributed by atoms with Gasteiger partial charge in [-0.25, -0.2) is 0 Å². The maximum Gasteiger partial charge on any atom is 0.0451 e. The lowest BCUT2D eigenvalue weighted by molar-refractivity contribution is 0.148. The van der Waals surface area contributed by atoms with Gasteiger partial charge in [0.25, 0.3) is 0 Å². The van der Waals surface area contributed by atoms with E-state index in [4.69, 9.17) is 0 Å². The number of benzene rings is 1. The standard InChI is InChI=1S/C19H32N2/c1-4-20-19(18-14-10-9-11-16(18)3)15-21(5-2)17-12-7-6-8-13-17/h9-11,14,17,19-20H,4-8,12-13,15H2,1-3H3. The van der Waals surface area contributed by atoms with E-state index < -0.39 is 0 Å². The van der Waals surface area contributed by atoms with Crippen molar-refractivity contribution in [3.8, 4) is 0 Å². The first-order valence-corrected chi connectivity index (χ1v) is 8.79. The molecule has 2 rings (SSSR count). The summed E-state index contributed by atoms with van der Waals surface area (Å²) >= 11 is 0. The lowest BCUT2D eigenvalue weighted by atomic mass is 9.93. The van der Waals surface area contributed by atoms with E-state index in [2.05, 4.69) is 55.3 Å². The zero-order valence-corrected chi connectivity index (χ0v) is 14.1. The molecule has 1 atom stereocenters. The summed E-state index contributed by atoms with van der Waals surface area (Å²) in [6, 6.07) is 10.1. The minimum atomic E-state index is 0.457. The van der Waals surface area contributed by atoms with Crippen molar-refractivity contribution in [1.82, 2.24) is 10.2 Å². The van der Waals surface area contributed by atoms with Crippen LogP contribution in [-0.2, 0) is 0 Å². The summed E-state index contributed by atoms with van der Waals surface area (Å²) in [7, 11) is 0. The molecule has 1 aliphatic rings. The molecule has 118 valence electrons. The molecule has 0 heterocycles. The summed E-state index contributed by atoms with van der Waals surface area (Å²) in [5.41, 5.74) is 2.87. The Morgan fingerprint density at radius 1 is 1.14 bits per heavy atom. The van der Waals surface area contributed by atoms with Crippen molar-refractivity contribution < 1.29 is 0 Å². The molecule has 1 aromatic rings. The second-order valence-electron chi connectivity index (χ2n) is 6.35. The SMILES string of the molecule is CCNC(CN(CC)C1CCCCC1)c1ccccc1C. The van der Waals surface area contributed by atoms with Crippen molar-refractivity contribution in [2.45, 2.75) is 65.0 Å². The van der Waals surface area contributed by atoms with Gasteiger partial charge in [0.05, 0.1) is 0 Å². The van der Waals surface area contributed by atoms with Gasteiger partial charge in [0, 0.05) is 18.6 Å². The number of aryl methyl sites for hydroxylation is 1. The van der Waals surface area contributed by atoms with Gasteiger partial charge in [-0.05, 0) is 44.0 Å². The number of nitrogens with zero attached hydrogens (tertiary/aromatic N) is 1. The molecule has 0 spiro atoms. The summed E-state index contributed by atoms with van der Waals surface area (Å²) in [5, 5.41) is 3.70. The Morgan fingerprint density at radius 2 is 1.86 bits per heavy atom. The monoisotopic (exact) mass is 288 g/mol. The van der Waals surface area contributed by atoms with Gasteiger partial charge in [0.15, 0.2) is 0 Å². The molecule has 0 bridgehead atoms. The van der Waals surface area contributed by atoms with Crippen LogP contribution >= 0.6 is 0 Å². The Hall–Kier alpha value is -0.860. The average molecular weight is 288 g/mol. The first kappa shape index (κ1) is 16.5. The highest BCUT2D eigenvalue weighted by atomic mass is 15.2. The average Bonchev–Trinajstić information content (AvgIpc) is 2.53. The lowest BCUT2D eigenvalue weighted by Crippen LogP contribution is -2.42. The van der Waals surface area contributed by atoms with Gasteiger partial charge in [-0.1, -0.05) is 57.4 Å². The van der Waals surface area contributed by atoms with Crippen LogP contribution in [0.15, 0.2) is 24.3 Å². The third-order valence-electron chi connectivity index (χ3n) is 4.93. The zero-order valence-electron chi connectivity index (χ0n) is 14.1. The van der Waals surface area contributed by atoms with Gasteiger partial charge in [0.1, 0.15) is 0 Å². The molecule has 2 heteroatoms. The summed E-state index contributed by atoms with van der Waals surface area (Å²) < 4.78 is 0. The topological polar surface area (TPSA) is 15.3 Å². The minimum absolute atomic E-state index is 0.457. The molecular formula is C19H32N2. The molecule has 1 aliphatic carbocycles. The molecule has 21 heavy (non-hydrogen) atoms. The fourth-order valence-corrected chi connectivity index (χ4v) is 3.71. The Labute approximate surface area is 130 Å². The summed E-state index contributed by atoms with van der Waals surface area (Å²) in [4.78, 5) is 2.71. The van der Waals surface area contributed by atoms with Gasteiger partial charge in [0.2, 0.25) is 0 Å². The van der Waals surface area contributed by atoms with Gasteiger partial charge in [-0.15, -0.1) is 0 Å². The van der Waals surface area contributed by atoms with Gasteiger partial charge >= 0.3 is 0 Å². The van der Waals surface area contributed by atoms with Crippen LogP contribution in [0, 0.1) is 6.92 Å². The van der Waals surface area contributed by atoms with Crippen molar-refractivity contribution in [1.29, 1.82) is 0 Å². The summed E-state index contributed by atoms with van der Waals surface area (Å²) in [6.45, 7) is 10.1. The van der Waals surface area contributed by atoms with E-state index in [0.717, 1.165) is 19.1 Å². The van der Waals surface area contributed by atoms with Crippen LogP contribution in [0.3, 0.4) is 0 Å². The van der Waals surface area contributed by atoms with Gasteiger partial charge < -0.3 is 5.32 Å². The Morgan fingerprint density at radius 3 is 2.48 bits per heavy atom. The van der Waals surface area contributed by atoms with Crippen LogP contribution in [0.1, 0.15) is 63.1 Å². The Bertz CT molecular complexity index is 410. The van der Waals surface area contributed by atoms with Crippen LogP contribution in [0.5, 0.6) is 0 Å². The second-order valence-corrected chi connectivity index (χ2v) is 6.35. The first-order valence-electron chi connectivity index (χ1n) is 8.79. The number of hydrogen-bond donors (Lipinski definition) is 1. The van der Waals surface area contributed by atoms with Crippen molar-refractivity contribution >= 4 is 0 Å². The fourth-order valence-electron chi connectivity index (χ4n) is 3.71. The maximum absolute atomic E-state index is 3.70. The molecule has 0 amide bonds. The molecule has 0 aromatic heterocycles. The van der Waals surface area contributed by atoms with Gasteiger partial charge in [-0.2, -0.15) is 0 Å². The van der Waals surface area contributed by atoms with E-state index in [0.29, 0.717) is 6.04 Å². The minimum Gasteiger partial charge on any atom is -0.309 e. The number of likely N-dealkylation sites (N-methyl/N-ethyl adjacent to an activating group) is 2. The van der Waals surface area contributed by atoms with Crippen LogP contribution < -0.4 is 5.32 Å². The van der Waals surface area contributed by atoms with Crippen molar-refractivity contribution in [2.24, 2.45) is 0 Å². The molecule has 1 saturated carbocycles. The Balaban J connectivity index is 2.08. The van der Waals surface area contributed by atoms with Crippen LogP contribution in [0.2, 0.25) is 0 Å². The highest BCUT2D eigenvalue weighted by Crippen LogP contribution is 2.25.